The molecule has 0 radical (unpaired) electrons. The number of nitrogens with zero attached hydrogens (tertiary/aromatic N) is 4. The molecule has 0 unspecified atom stereocenters. The summed E-state index contributed by atoms with van der Waals surface area (Å²) in [7, 11) is 1.99. The summed E-state index contributed by atoms with van der Waals surface area (Å²) >= 11 is 0. The minimum absolute atomic E-state index is 0.277. The van der Waals surface area contributed by atoms with Crippen LogP contribution >= 0.6 is 0 Å². The number of ether oxygens (including phenoxy) is 1. The van der Waals surface area contributed by atoms with Gasteiger partial charge in [0.1, 0.15) is 11.6 Å². The van der Waals surface area contributed by atoms with Crippen molar-refractivity contribution in [2.24, 2.45) is 10.9 Å². The lowest BCUT2D eigenvalue weighted by Crippen LogP contribution is -2.40. The SMILES string of the molecule is CCNC(=NCc1ccc(-n2ccnc2C)c(F)c1)N(C)CCOCC1CC1. The van der Waals surface area contributed by atoms with Crippen LogP contribution in [-0.2, 0) is 11.3 Å². The molecular formula is C21H30FN5O. The molecule has 152 valence electrons. The first-order valence-corrected chi connectivity index (χ1v) is 9.94. The molecule has 6 nitrogen and oxygen atoms in total. The van der Waals surface area contributed by atoms with Crippen LogP contribution in [0, 0.1) is 18.7 Å². The minimum Gasteiger partial charge on any atom is -0.379 e. The Morgan fingerprint density at radius 1 is 1.43 bits per heavy atom. The summed E-state index contributed by atoms with van der Waals surface area (Å²) in [6, 6.07) is 5.22. The maximum atomic E-state index is 14.6. The number of rotatable bonds is 9. The molecule has 1 aromatic heterocycles. The summed E-state index contributed by atoms with van der Waals surface area (Å²) in [5.41, 5.74) is 1.33. The second-order valence-electron chi connectivity index (χ2n) is 7.24. The van der Waals surface area contributed by atoms with E-state index in [4.69, 9.17) is 4.74 Å². The van der Waals surface area contributed by atoms with E-state index in [1.165, 1.54) is 12.8 Å². The lowest BCUT2D eigenvalue weighted by Gasteiger charge is -2.22. The summed E-state index contributed by atoms with van der Waals surface area (Å²) in [6.07, 6.45) is 6.03. The highest BCUT2D eigenvalue weighted by Crippen LogP contribution is 2.28. The van der Waals surface area contributed by atoms with E-state index in [0.29, 0.717) is 18.8 Å². The predicted molar refractivity (Wildman–Crippen MR) is 109 cm³/mol. The Hall–Kier alpha value is -2.41. The quantitative estimate of drug-likeness (QED) is 0.408. The summed E-state index contributed by atoms with van der Waals surface area (Å²) in [6.45, 7) is 7.40. The molecule has 0 amide bonds. The first-order valence-electron chi connectivity index (χ1n) is 9.94. The van der Waals surface area contributed by atoms with Gasteiger partial charge in [-0.05, 0) is 50.3 Å². The Bertz CT molecular complexity index is 800. The van der Waals surface area contributed by atoms with Crippen molar-refractivity contribution in [2.75, 3.05) is 33.4 Å². The van der Waals surface area contributed by atoms with Crippen molar-refractivity contribution in [3.63, 3.8) is 0 Å². The third kappa shape index (κ3) is 5.55. The van der Waals surface area contributed by atoms with Gasteiger partial charge in [-0.1, -0.05) is 6.07 Å². The van der Waals surface area contributed by atoms with Crippen molar-refractivity contribution >= 4 is 5.96 Å². The minimum atomic E-state index is -0.277. The Kier molecular flexibility index (Phi) is 7.03. The van der Waals surface area contributed by atoms with Gasteiger partial charge >= 0.3 is 0 Å². The van der Waals surface area contributed by atoms with Crippen LogP contribution in [0.4, 0.5) is 4.39 Å². The lowest BCUT2D eigenvalue weighted by atomic mass is 10.2. The number of imidazole rings is 1. The van der Waals surface area contributed by atoms with Gasteiger partial charge in [-0.15, -0.1) is 0 Å². The second kappa shape index (κ2) is 9.68. The zero-order valence-corrected chi connectivity index (χ0v) is 17.0. The molecular weight excluding hydrogens is 357 g/mol. The first kappa shape index (κ1) is 20.3. The molecule has 0 atom stereocenters. The molecule has 0 bridgehead atoms. The Balaban J connectivity index is 1.59. The van der Waals surface area contributed by atoms with Gasteiger partial charge in [0, 0.05) is 39.1 Å². The first-order chi connectivity index (χ1) is 13.6. The van der Waals surface area contributed by atoms with Crippen LogP contribution in [0.2, 0.25) is 0 Å². The third-order valence-corrected chi connectivity index (χ3v) is 4.83. The van der Waals surface area contributed by atoms with Crippen molar-refractivity contribution in [2.45, 2.75) is 33.2 Å². The van der Waals surface area contributed by atoms with Gasteiger partial charge in [0.05, 0.1) is 18.8 Å². The van der Waals surface area contributed by atoms with E-state index in [1.54, 1.807) is 29.1 Å². The number of aryl methyl sites for hydroxylation is 1. The highest BCUT2D eigenvalue weighted by molar-refractivity contribution is 5.79. The van der Waals surface area contributed by atoms with Gasteiger partial charge in [-0.25, -0.2) is 14.4 Å². The van der Waals surface area contributed by atoms with Crippen LogP contribution in [0.3, 0.4) is 0 Å². The highest BCUT2D eigenvalue weighted by atomic mass is 19.1. The number of guanidine groups is 1. The summed E-state index contributed by atoms with van der Waals surface area (Å²) in [4.78, 5) is 10.9. The topological polar surface area (TPSA) is 54.7 Å². The monoisotopic (exact) mass is 387 g/mol. The van der Waals surface area contributed by atoms with E-state index < -0.39 is 0 Å². The molecule has 3 rings (SSSR count). The van der Waals surface area contributed by atoms with Crippen molar-refractivity contribution in [3.8, 4) is 5.69 Å². The van der Waals surface area contributed by atoms with Crippen molar-refractivity contribution in [1.82, 2.24) is 19.8 Å². The Morgan fingerprint density at radius 3 is 2.89 bits per heavy atom. The van der Waals surface area contributed by atoms with E-state index in [2.05, 4.69) is 20.2 Å². The molecule has 1 aliphatic carbocycles. The van der Waals surface area contributed by atoms with E-state index in [1.807, 2.05) is 27.0 Å². The fraction of sp³-hybridized carbons (Fsp3) is 0.524. The molecule has 1 saturated carbocycles. The molecule has 1 heterocycles. The molecule has 7 heteroatoms. The van der Waals surface area contributed by atoms with Crippen molar-refractivity contribution in [1.29, 1.82) is 0 Å². The summed E-state index contributed by atoms with van der Waals surface area (Å²) in [5, 5.41) is 3.28. The number of hydrogen-bond donors (Lipinski definition) is 1. The number of likely N-dealkylation sites (N-methyl/N-ethyl adjacent to an activating group) is 1. The third-order valence-electron chi connectivity index (χ3n) is 4.83. The average Bonchev–Trinajstić information content (AvgIpc) is 3.41. The van der Waals surface area contributed by atoms with E-state index in [-0.39, 0.29) is 5.82 Å². The highest BCUT2D eigenvalue weighted by Gasteiger charge is 2.21. The largest absolute Gasteiger partial charge is 0.379 e. The smallest absolute Gasteiger partial charge is 0.194 e. The number of hydrogen-bond acceptors (Lipinski definition) is 3. The number of nitrogens with one attached hydrogen (secondary N) is 1. The van der Waals surface area contributed by atoms with Gasteiger partial charge in [0.15, 0.2) is 5.96 Å². The van der Waals surface area contributed by atoms with Gasteiger partial charge in [-0.3, -0.25) is 0 Å². The number of aliphatic imine (C=N–C) groups is 1. The maximum Gasteiger partial charge on any atom is 0.194 e. The van der Waals surface area contributed by atoms with Gasteiger partial charge < -0.3 is 19.5 Å². The van der Waals surface area contributed by atoms with Gasteiger partial charge in [0.25, 0.3) is 0 Å². The lowest BCUT2D eigenvalue weighted by molar-refractivity contribution is 0.115. The zero-order chi connectivity index (χ0) is 19.9. The Labute approximate surface area is 166 Å². The van der Waals surface area contributed by atoms with E-state index >= 15 is 0 Å². The molecule has 0 saturated heterocycles. The fourth-order valence-electron chi connectivity index (χ4n) is 2.95. The van der Waals surface area contributed by atoms with Crippen molar-refractivity contribution < 1.29 is 9.13 Å². The van der Waals surface area contributed by atoms with Crippen LogP contribution in [0.5, 0.6) is 0 Å². The molecule has 1 N–H and O–H groups in total. The molecule has 0 spiro atoms. The van der Waals surface area contributed by atoms with Crippen molar-refractivity contribution in [3.05, 3.63) is 47.8 Å². The van der Waals surface area contributed by atoms with E-state index in [9.17, 15) is 4.39 Å². The second-order valence-corrected chi connectivity index (χ2v) is 7.24. The number of halogens is 1. The molecule has 1 aliphatic rings. The Morgan fingerprint density at radius 2 is 2.25 bits per heavy atom. The molecule has 1 fully saturated rings. The summed E-state index contributed by atoms with van der Waals surface area (Å²) in [5.74, 6) is 2.05. The zero-order valence-electron chi connectivity index (χ0n) is 17.0. The molecule has 2 aromatic rings. The predicted octanol–water partition coefficient (Wildman–Crippen LogP) is 3.14. The normalized spacial score (nSPS) is 14.4. The standard InChI is InChI=1S/C21H30FN5O/c1-4-23-21(26(3)11-12-28-15-17-5-6-17)25-14-18-7-8-20(19(22)13-18)27-10-9-24-16(27)2/h7-10,13,17H,4-6,11-12,14-15H2,1-3H3,(H,23,25). The van der Waals surface area contributed by atoms with Crippen LogP contribution < -0.4 is 5.32 Å². The maximum absolute atomic E-state index is 14.6. The molecule has 1 aromatic carbocycles. The molecule has 28 heavy (non-hydrogen) atoms. The van der Waals surface area contributed by atoms with Gasteiger partial charge in [-0.2, -0.15) is 0 Å². The number of benzene rings is 1. The van der Waals surface area contributed by atoms with E-state index in [0.717, 1.165) is 43.0 Å². The van der Waals surface area contributed by atoms with Crippen LogP contribution in [0.25, 0.3) is 5.69 Å². The van der Waals surface area contributed by atoms with Crippen LogP contribution in [0.15, 0.2) is 35.6 Å². The fourth-order valence-corrected chi connectivity index (χ4v) is 2.95. The number of aromatic nitrogens is 2. The van der Waals surface area contributed by atoms with Crippen LogP contribution in [0.1, 0.15) is 31.2 Å². The van der Waals surface area contributed by atoms with Crippen LogP contribution in [-0.4, -0.2) is 53.8 Å². The summed E-state index contributed by atoms with van der Waals surface area (Å²) < 4.78 is 22.0. The average molecular weight is 388 g/mol. The van der Waals surface area contributed by atoms with Gasteiger partial charge in [0.2, 0.25) is 0 Å². The molecule has 0 aliphatic heterocycles.